The molecule has 21 heavy (non-hydrogen) atoms. The van der Waals surface area contributed by atoms with Gasteiger partial charge >= 0.3 is 0 Å². The zero-order valence-corrected chi connectivity index (χ0v) is 11.9. The van der Waals surface area contributed by atoms with E-state index in [4.69, 9.17) is 16.9 Å². The van der Waals surface area contributed by atoms with Crippen molar-refractivity contribution in [1.82, 2.24) is 0 Å². The minimum atomic E-state index is -4.09. The Balaban J connectivity index is 2.44. The lowest BCUT2D eigenvalue weighted by Crippen LogP contribution is -2.13. The monoisotopic (exact) mass is 326 g/mol. The van der Waals surface area contributed by atoms with Gasteiger partial charge < -0.3 is 5.11 Å². The third kappa shape index (κ3) is 3.07. The lowest BCUT2D eigenvalue weighted by atomic mass is 10.2. The second-order valence-corrected chi connectivity index (χ2v) is 6.08. The maximum Gasteiger partial charge on any atom is 0.262 e. The van der Waals surface area contributed by atoms with Gasteiger partial charge in [-0.05, 0) is 30.3 Å². The molecule has 2 rings (SSSR count). The van der Waals surface area contributed by atoms with Gasteiger partial charge in [0.05, 0.1) is 21.2 Å². The Morgan fingerprint density at radius 2 is 2.00 bits per heavy atom. The molecule has 5 nitrogen and oxygen atoms in total. The van der Waals surface area contributed by atoms with E-state index in [1.165, 1.54) is 18.2 Å². The summed E-state index contributed by atoms with van der Waals surface area (Å²) in [5, 5.41) is 18.4. The molecule has 8 heteroatoms. The lowest BCUT2D eigenvalue weighted by molar-refractivity contribution is 0.478. The number of benzene rings is 2. The van der Waals surface area contributed by atoms with Crippen LogP contribution in [-0.2, 0) is 10.0 Å². The number of anilines is 1. The summed E-state index contributed by atoms with van der Waals surface area (Å²) in [4.78, 5) is -0.306. The molecule has 0 aliphatic heterocycles. The number of phenolic OH excluding ortho intramolecular Hbond substituents is 1. The molecule has 2 aromatic rings. The van der Waals surface area contributed by atoms with Crippen LogP contribution in [0.3, 0.4) is 0 Å². The van der Waals surface area contributed by atoms with Gasteiger partial charge in [-0.25, -0.2) is 12.8 Å². The Morgan fingerprint density at radius 3 is 2.67 bits per heavy atom. The Kier molecular flexibility index (Phi) is 4.02. The number of nitrogens with one attached hydrogen (secondary N) is 1. The quantitative estimate of drug-likeness (QED) is 0.849. The van der Waals surface area contributed by atoms with Crippen molar-refractivity contribution in [2.45, 2.75) is 4.90 Å². The summed E-state index contributed by atoms with van der Waals surface area (Å²) in [5.41, 5.74) is -0.515. The smallest absolute Gasteiger partial charge is 0.262 e. The summed E-state index contributed by atoms with van der Waals surface area (Å²) in [6.45, 7) is 0. The van der Waals surface area contributed by atoms with Gasteiger partial charge in [0.1, 0.15) is 11.9 Å². The highest BCUT2D eigenvalue weighted by molar-refractivity contribution is 7.92. The van der Waals surface area contributed by atoms with Crippen LogP contribution in [0.15, 0.2) is 41.3 Å². The molecule has 0 aliphatic carbocycles. The molecule has 108 valence electrons. The number of rotatable bonds is 3. The van der Waals surface area contributed by atoms with E-state index in [-0.39, 0.29) is 15.6 Å². The van der Waals surface area contributed by atoms with Crippen molar-refractivity contribution < 1.29 is 17.9 Å². The standard InChI is InChI=1S/C13H8ClFN2O3S/c14-10-2-1-3-12(13(10)18)17-21(19,20)9-4-5-11(15)8(6-9)7-16/h1-6,17-18H. The van der Waals surface area contributed by atoms with Crippen LogP contribution in [0, 0.1) is 17.1 Å². The normalized spacial score (nSPS) is 10.9. The van der Waals surface area contributed by atoms with Crippen molar-refractivity contribution in [3.8, 4) is 11.8 Å². The van der Waals surface area contributed by atoms with E-state index in [1.807, 2.05) is 0 Å². The highest BCUT2D eigenvalue weighted by atomic mass is 35.5. The van der Waals surface area contributed by atoms with Gasteiger partial charge in [-0.3, -0.25) is 4.72 Å². The molecule has 0 saturated heterocycles. The van der Waals surface area contributed by atoms with E-state index in [0.29, 0.717) is 0 Å². The summed E-state index contributed by atoms with van der Waals surface area (Å²) < 4.78 is 39.6. The number of hydrogen-bond donors (Lipinski definition) is 2. The zero-order chi connectivity index (χ0) is 15.6. The molecule has 0 bridgehead atoms. The summed E-state index contributed by atoms with van der Waals surface area (Å²) >= 11 is 5.68. The van der Waals surface area contributed by atoms with E-state index >= 15 is 0 Å². The number of nitrogens with zero attached hydrogens (tertiary/aromatic N) is 1. The Morgan fingerprint density at radius 1 is 1.29 bits per heavy atom. The summed E-state index contributed by atoms with van der Waals surface area (Å²) in [6.07, 6.45) is 0. The van der Waals surface area contributed by atoms with Crippen LogP contribution in [-0.4, -0.2) is 13.5 Å². The molecule has 0 amide bonds. The first-order chi connectivity index (χ1) is 9.85. The molecule has 0 heterocycles. The number of sulfonamides is 1. The first kappa shape index (κ1) is 15.1. The molecule has 0 aliphatic rings. The van der Waals surface area contributed by atoms with Crippen LogP contribution in [0.4, 0.5) is 10.1 Å². The van der Waals surface area contributed by atoms with Crippen LogP contribution < -0.4 is 4.72 Å². The van der Waals surface area contributed by atoms with Gasteiger partial charge in [0.15, 0.2) is 5.75 Å². The second kappa shape index (κ2) is 5.60. The van der Waals surface area contributed by atoms with Crippen molar-refractivity contribution in [1.29, 1.82) is 5.26 Å². The minimum Gasteiger partial charge on any atom is -0.504 e. The Hall–Kier alpha value is -2.30. The Bertz CT molecular complexity index is 847. The van der Waals surface area contributed by atoms with Gasteiger partial charge in [-0.1, -0.05) is 17.7 Å². The van der Waals surface area contributed by atoms with E-state index in [0.717, 1.165) is 18.2 Å². The van der Waals surface area contributed by atoms with Gasteiger partial charge in [0.25, 0.3) is 10.0 Å². The molecule has 2 N–H and O–H groups in total. The third-order valence-corrected chi connectivity index (χ3v) is 4.27. The third-order valence-electron chi connectivity index (χ3n) is 2.60. The maximum atomic E-state index is 13.2. The highest BCUT2D eigenvalue weighted by Gasteiger charge is 2.18. The first-order valence-electron chi connectivity index (χ1n) is 5.55. The van der Waals surface area contributed by atoms with Gasteiger partial charge in [-0.2, -0.15) is 5.26 Å². The molecule has 0 radical (unpaired) electrons. The van der Waals surface area contributed by atoms with Crippen molar-refractivity contribution in [3.63, 3.8) is 0 Å². The van der Waals surface area contributed by atoms with E-state index < -0.39 is 27.2 Å². The predicted octanol–water partition coefficient (Wildman–Crippen LogP) is 2.86. The summed E-state index contributed by atoms with van der Waals surface area (Å²) in [6, 6.07) is 8.50. The van der Waals surface area contributed by atoms with Crippen molar-refractivity contribution in [2.24, 2.45) is 0 Å². The number of halogens is 2. The molecule has 0 unspecified atom stereocenters. The van der Waals surface area contributed by atoms with Crippen molar-refractivity contribution in [3.05, 3.63) is 52.8 Å². The fourth-order valence-corrected chi connectivity index (χ4v) is 2.83. The fourth-order valence-electron chi connectivity index (χ4n) is 1.56. The number of nitriles is 1. The van der Waals surface area contributed by atoms with Crippen LogP contribution in [0.2, 0.25) is 5.02 Å². The average molecular weight is 327 g/mol. The second-order valence-electron chi connectivity index (χ2n) is 3.99. The zero-order valence-electron chi connectivity index (χ0n) is 10.3. The van der Waals surface area contributed by atoms with Crippen LogP contribution in [0.5, 0.6) is 5.75 Å². The molecule has 0 fully saturated rings. The number of hydrogen-bond acceptors (Lipinski definition) is 4. The fraction of sp³-hybridized carbons (Fsp3) is 0. The minimum absolute atomic E-state index is 0.0213. The van der Waals surface area contributed by atoms with Crippen LogP contribution >= 0.6 is 11.6 Å². The van der Waals surface area contributed by atoms with E-state index in [2.05, 4.69) is 4.72 Å². The number of aromatic hydroxyl groups is 1. The molecule has 0 aromatic heterocycles. The molecule has 0 spiro atoms. The summed E-state index contributed by atoms with van der Waals surface area (Å²) in [5.74, 6) is -1.24. The maximum absolute atomic E-state index is 13.2. The largest absolute Gasteiger partial charge is 0.504 e. The van der Waals surface area contributed by atoms with Gasteiger partial charge in [0.2, 0.25) is 0 Å². The predicted molar refractivity (Wildman–Crippen MR) is 75.0 cm³/mol. The lowest BCUT2D eigenvalue weighted by Gasteiger charge is -2.10. The molecular weight excluding hydrogens is 319 g/mol. The Labute approximate surface area is 125 Å². The van der Waals surface area contributed by atoms with Crippen LogP contribution in [0.25, 0.3) is 0 Å². The highest BCUT2D eigenvalue weighted by Crippen LogP contribution is 2.32. The van der Waals surface area contributed by atoms with Crippen LogP contribution in [0.1, 0.15) is 5.56 Å². The van der Waals surface area contributed by atoms with E-state index in [1.54, 1.807) is 6.07 Å². The molecule has 0 atom stereocenters. The van der Waals surface area contributed by atoms with Crippen molar-refractivity contribution in [2.75, 3.05) is 4.72 Å². The first-order valence-corrected chi connectivity index (χ1v) is 7.41. The topological polar surface area (TPSA) is 90.2 Å². The van der Waals surface area contributed by atoms with Gasteiger partial charge in [-0.15, -0.1) is 0 Å². The number of para-hydroxylation sites is 1. The molecule has 0 saturated carbocycles. The number of phenols is 1. The van der Waals surface area contributed by atoms with Crippen molar-refractivity contribution >= 4 is 27.3 Å². The average Bonchev–Trinajstić information content (AvgIpc) is 2.44. The van der Waals surface area contributed by atoms with E-state index in [9.17, 15) is 17.9 Å². The molecule has 2 aromatic carbocycles. The van der Waals surface area contributed by atoms with Gasteiger partial charge in [0, 0.05) is 0 Å². The summed E-state index contributed by atoms with van der Waals surface area (Å²) in [7, 11) is -4.09. The SMILES string of the molecule is N#Cc1cc(S(=O)(=O)Nc2cccc(Cl)c2O)ccc1F. The molecular formula is C13H8ClFN2O3S.